The molecule has 0 aliphatic carbocycles. The lowest BCUT2D eigenvalue weighted by Gasteiger charge is -2.10. The van der Waals surface area contributed by atoms with E-state index in [-0.39, 0.29) is 5.56 Å². The Hall–Kier alpha value is -3.75. The highest BCUT2D eigenvalue weighted by atomic mass is 19.1. The first-order valence-corrected chi connectivity index (χ1v) is 8.53. The van der Waals surface area contributed by atoms with Crippen molar-refractivity contribution in [3.8, 4) is 17.0 Å². The smallest absolute Gasteiger partial charge is 0.225 e. The highest BCUT2D eigenvalue weighted by Gasteiger charge is 2.19. The Morgan fingerprint density at radius 3 is 2.82 bits per heavy atom. The molecule has 0 saturated carbocycles. The van der Waals surface area contributed by atoms with Crippen LogP contribution < -0.4 is 15.8 Å². The Kier molecular flexibility index (Phi) is 4.48. The van der Waals surface area contributed by atoms with Gasteiger partial charge in [-0.1, -0.05) is 6.07 Å². The summed E-state index contributed by atoms with van der Waals surface area (Å²) in [5, 5.41) is 7.95. The predicted molar refractivity (Wildman–Crippen MR) is 104 cm³/mol. The summed E-state index contributed by atoms with van der Waals surface area (Å²) in [4.78, 5) is 13.0. The molecule has 28 heavy (non-hydrogen) atoms. The molecule has 4 rings (SSSR count). The number of halogens is 1. The van der Waals surface area contributed by atoms with E-state index in [2.05, 4.69) is 25.4 Å². The SMILES string of the molecule is COc1ccc(-c2nc(NCc3cccnc3)nc3nn(C)c(N)c23)c(F)c1. The molecule has 0 radical (unpaired) electrons. The molecular weight excluding hydrogens is 361 g/mol. The third-order valence-corrected chi connectivity index (χ3v) is 4.34. The lowest BCUT2D eigenvalue weighted by atomic mass is 10.1. The van der Waals surface area contributed by atoms with Gasteiger partial charge in [-0.3, -0.25) is 9.67 Å². The van der Waals surface area contributed by atoms with Gasteiger partial charge in [-0.25, -0.2) is 9.37 Å². The van der Waals surface area contributed by atoms with E-state index in [1.54, 1.807) is 31.6 Å². The number of nitrogens with two attached hydrogens (primary N) is 1. The van der Waals surface area contributed by atoms with E-state index in [9.17, 15) is 4.39 Å². The third kappa shape index (κ3) is 3.18. The molecule has 0 aliphatic rings. The number of hydrogen-bond acceptors (Lipinski definition) is 7. The van der Waals surface area contributed by atoms with Crippen LogP contribution in [0.25, 0.3) is 22.3 Å². The van der Waals surface area contributed by atoms with Crippen LogP contribution >= 0.6 is 0 Å². The molecule has 3 aromatic heterocycles. The number of fused-ring (bicyclic) bond motifs is 1. The fourth-order valence-corrected chi connectivity index (χ4v) is 2.89. The monoisotopic (exact) mass is 379 g/mol. The first kappa shape index (κ1) is 17.7. The van der Waals surface area contributed by atoms with Gasteiger partial charge in [-0.15, -0.1) is 0 Å². The standard InChI is InChI=1S/C19H18FN7O/c1-27-17(21)15-16(13-6-5-12(28-2)8-14(13)20)24-19(25-18(15)26-27)23-10-11-4-3-7-22-9-11/h3-9H,10,21H2,1-2H3,(H,23,25,26). The maximum atomic E-state index is 14.7. The van der Waals surface area contributed by atoms with Crippen LogP contribution in [-0.4, -0.2) is 31.8 Å². The first-order chi connectivity index (χ1) is 13.6. The van der Waals surface area contributed by atoms with Gasteiger partial charge in [0, 0.05) is 37.6 Å². The van der Waals surface area contributed by atoms with Crippen molar-refractivity contribution >= 4 is 22.8 Å². The number of rotatable bonds is 5. The van der Waals surface area contributed by atoms with E-state index in [1.165, 1.54) is 17.9 Å². The van der Waals surface area contributed by atoms with Gasteiger partial charge in [0.25, 0.3) is 0 Å². The summed E-state index contributed by atoms with van der Waals surface area (Å²) in [5.41, 5.74) is 8.14. The minimum Gasteiger partial charge on any atom is -0.497 e. The van der Waals surface area contributed by atoms with Crippen LogP contribution in [0.15, 0.2) is 42.7 Å². The van der Waals surface area contributed by atoms with Crippen LogP contribution in [0.4, 0.5) is 16.2 Å². The maximum Gasteiger partial charge on any atom is 0.225 e. The minimum absolute atomic E-state index is 0.289. The number of nitrogens with zero attached hydrogens (tertiary/aromatic N) is 5. The summed E-state index contributed by atoms with van der Waals surface area (Å²) in [6.45, 7) is 0.464. The lowest BCUT2D eigenvalue weighted by molar-refractivity contribution is 0.411. The van der Waals surface area contributed by atoms with Crippen molar-refractivity contribution in [2.75, 3.05) is 18.2 Å². The van der Waals surface area contributed by atoms with E-state index >= 15 is 0 Å². The molecule has 4 aromatic rings. The van der Waals surface area contributed by atoms with Crippen molar-refractivity contribution < 1.29 is 9.13 Å². The summed E-state index contributed by atoms with van der Waals surface area (Å²) in [6.07, 6.45) is 3.45. The Bertz CT molecular complexity index is 1140. The normalized spacial score (nSPS) is 11.0. The molecule has 0 atom stereocenters. The van der Waals surface area contributed by atoms with Crippen molar-refractivity contribution in [2.45, 2.75) is 6.54 Å². The van der Waals surface area contributed by atoms with Crippen LogP contribution in [0.3, 0.4) is 0 Å². The number of aryl methyl sites for hydroxylation is 1. The molecule has 0 fully saturated rings. The zero-order valence-corrected chi connectivity index (χ0v) is 15.3. The van der Waals surface area contributed by atoms with Crippen LogP contribution in [0.5, 0.6) is 5.75 Å². The Morgan fingerprint density at radius 1 is 1.25 bits per heavy atom. The molecule has 0 saturated heterocycles. The van der Waals surface area contributed by atoms with Gasteiger partial charge >= 0.3 is 0 Å². The third-order valence-electron chi connectivity index (χ3n) is 4.34. The van der Waals surface area contributed by atoms with E-state index in [4.69, 9.17) is 10.5 Å². The van der Waals surface area contributed by atoms with Crippen LogP contribution in [-0.2, 0) is 13.6 Å². The average molecular weight is 379 g/mol. The number of hydrogen-bond donors (Lipinski definition) is 2. The van der Waals surface area contributed by atoms with Gasteiger partial charge in [0.1, 0.15) is 17.4 Å². The van der Waals surface area contributed by atoms with Crippen molar-refractivity contribution in [1.29, 1.82) is 0 Å². The average Bonchev–Trinajstić information content (AvgIpc) is 3.00. The van der Waals surface area contributed by atoms with E-state index < -0.39 is 5.82 Å². The molecule has 0 spiro atoms. The zero-order chi connectivity index (χ0) is 19.7. The topological polar surface area (TPSA) is 104 Å². The van der Waals surface area contributed by atoms with Crippen LogP contribution in [0.2, 0.25) is 0 Å². The van der Waals surface area contributed by atoms with Gasteiger partial charge in [-0.2, -0.15) is 10.1 Å². The highest BCUT2D eigenvalue weighted by Crippen LogP contribution is 2.33. The highest BCUT2D eigenvalue weighted by molar-refractivity contribution is 5.99. The number of aromatic nitrogens is 5. The van der Waals surface area contributed by atoms with Gasteiger partial charge in [0.2, 0.25) is 5.95 Å². The second kappa shape index (κ2) is 7.10. The molecule has 3 heterocycles. The quantitative estimate of drug-likeness (QED) is 0.549. The van der Waals surface area contributed by atoms with E-state index in [1.807, 2.05) is 12.1 Å². The van der Waals surface area contributed by atoms with Crippen molar-refractivity contribution in [3.63, 3.8) is 0 Å². The molecule has 0 aliphatic heterocycles. The number of methoxy groups -OCH3 is 1. The first-order valence-electron chi connectivity index (χ1n) is 8.53. The van der Waals surface area contributed by atoms with Gasteiger partial charge in [-0.05, 0) is 23.8 Å². The molecular formula is C19H18FN7O. The van der Waals surface area contributed by atoms with E-state index in [0.717, 1.165) is 5.56 Å². The molecule has 0 amide bonds. The predicted octanol–water partition coefficient (Wildman–Crippen LogP) is 2.77. The number of nitrogen functional groups attached to an aromatic ring is 1. The Labute approximate surface area is 160 Å². The van der Waals surface area contributed by atoms with Gasteiger partial charge < -0.3 is 15.8 Å². The van der Waals surface area contributed by atoms with Crippen LogP contribution in [0, 0.1) is 5.82 Å². The molecule has 142 valence electrons. The molecule has 9 heteroatoms. The summed E-state index contributed by atoms with van der Waals surface area (Å²) in [7, 11) is 3.19. The largest absolute Gasteiger partial charge is 0.497 e. The molecule has 0 unspecified atom stereocenters. The molecule has 3 N–H and O–H groups in total. The number of nitrogens with one attached hydrogen (secondary N) is 1. The Balaban J connectivity index is 1.81. The fourth-order valence-electron chi connectivity index (χ4n) is 2.89. The molecule has 8 nitrogen and oxygen atoms in total. The summed E-state index contributed by atoms with van der Waals surface area (Å²) < 4.78 is 21.3. The number of ether oxygens (including phenoxy) is 1. The molecule has 0 bridgehead atoms. The van der Waals surface area contributed by atoms with Crippen molar-refractivity contribution in [2.24, 2.45) is 7.05 Å². The number of benzene rings is 1. The Morgan fingerprint density at radius 2 is 2.11 bits per heavy atom. The minimum atomic E-state index is -0.471. The van der Waals surface area contributed by atoms with Gasteiger partial charge in [0.15, 0.2) is 5.65 Å². The fraction of sp³-hybridized carbons (Fsp3) is 0.158. The van der Waals surface area contributed by atoms with E-state index in [0.29, 0.717) is 40.8 Å². The summed E-state index contributed by atoms with van der Waals surface area (Å²) in [5.74, 6) is 0.625. The second-order valence-corrected chi connectivity index (χ2v) is 6.16. The molecule has 1 aromatic carbocycles. The van der Waals surface area contributed by atoms with Gasteiger partial charge in [0.05, 0.1) is 18.2 Å². The van der Waals surface area contributed by atoms with Crippen LogP contribution in [0.1, 0.15) is 5.56 Å². The summed E-state index contributed by atoms with van der Waals surface area (Å²) in [6, 6.07) is 8.35. The zero-order valence-electron chi connectivity index (χ0n) is 15.3. The second-order valence-electron chi connectivity index (χ2n) is 6.16. The van der Waals surface area contributed by atoms with Crippen molar-refractivity contribution in [3.05, 3.63) is 54.1 Å². The summed E-state index contributed by atoms with van der Waals surface area (Å²) >= 11 is 0. The number of anilines is 2. The number of pyridine rings is 1. The lowest BCUT2D eigenvalue weighted by Crippen LogP contribution is -2.05. The van der Waals surface area contributed by atoms with Crippen molar-refractivity contribution in [1.82, 2.24) is 24.7 Å². The maximum absolute atomic E-state index is 14.7.